The zero-order valence-electron chi connectivity index (χ0n) is 9.07. The van der Waals surface area contributed by atoms with Gasteiger partial charge in [-0.1, -0.05) is 11.6 Å². The van der Waals surface area contributed by atoms with Crippen molar-refractivity contribution in [3.8, 4) is 11.3 Å². The summed E-state index contributed by atoms with van der Waals surface area (Å²) in [6.45, 7) is 0. The second kappa shape index (κ2) is 4.07. The third kappa shape index (κ3) is 1.84. The van der Waals surface area contributed by atoms with Gasteiger partial charge in [0.15, 0.2) is 11.6 Å². The van der Waals surface area contributed by atoms with Crippen molar-refractivity contribution >= 4 is 17.2 Å². The van der Waals surface area contributed by atoms with E-state index >= 15 is 0 Å². The van der Waals surface area contributed by atoms with Crippen molar-refractivity contribution in [2.45, 2.75) is 0 Å². The van der Waals surface area contributed by atoms with Crippen LogP contribution in [0.2, 0.25) is 5.02 Å². The molecule has 0 radical (unpaired) electrons. The highest BCUT2D eigenvalue weighted by molar-refractivity contribution is 6.30. The summed E-state index contributed by atoms with van der Waals surface area (Å²) in [5, 5.41) is 0.580. The van der Waals surface area contributed by atoms with Crippen LogP contribution in [-0.2, 0) is 0 Å². The highest BCUT2D eigenvalue weighted by Gasteiger charge is 2.08. The van der Waals surface area contributed by atoms with Crippen molar-refractivity contribution in [1.29, 1.82) is 0 Å². The second-order valence-electron chi connectivity index (χ2n) is 3.87. The summed E-state index contributed by atoms with van der Waals surface area (Å²) in [7, 11) is 0. The molecule has 5 heteroatoms. The zero-order valence-corrected chi connectivity index (χ0v) is 9.83. The summed E-state index contributed by atoms with van der Waals surface area (Å²) < 4.78 is 27.7. The topological polar surface area (TPSA) is 17.3 Å². The Balaban J connectivity index is 2.16. The minimum atomic E-state index is -0.886. The smallest absolute Gasteiger partial charge is 0.159 e. The summed E-state index contributed by atoms with van der Waals surface area (Å²) in [6.07, 6.45) is 3.42. The maximum Gasteiger partial charge on any atom is 0.159 e. The van der Waals surface area contributed by atoms with Gasteiger partial charge in [-0.3, -0.25) is 0 Å². The number of fused-ring (bicyclic) bond motifs is 1. The molecule has 3 aromatic rings. The molecule has 3 rings (SSSR count). The van der Waals surface area contributed by atoms with E-state index in [1.807, 2.05) is 0 Å². The Kier molecular flexibility index (Phi) is 2.52. The molecule has 90 valence electrons. The average molecular weight is 265 g/mol. The molecule has 1 aromatic carbocycles. The Morgan fingerprint density at radius 1 is 1.00 bits per heavy atom. The molecule has 18 heavy (non-hydrogen) atoms. The van der Waals surface area contributed by atoms with E-state index in [1.165, 1.54) is 6.07 Å². The minimum Gasteiger partial charge on any atom is -0.305 e. The molecule has 0 aliphatic carbocycles. The molecule has 0 fully saturated rings. The van der Waals surface area contributed by atoms with Gasteiger partial charge in [-0.2, -0.15) is 0 Å². The average Bonchev–Trinajstić information content (AvgIpc) is 2.75. The third-order valence-electron chi connectivity index (χ3n) is 2.63. The fourth-order valence-electron chi connectivity index (χ4n) is 1.76. The van der Waals surface area contributed by atoms with Crippen LogP contribution in [0.3, 0.4) is 0 Å². The molecule has 2 heterocycles. The van der Waals surface area contributed by atoms with E-state index in [2.05, 4.69) is 4.98 Å². The number of rotatable bonds is 1. The highest BCUT2D eigenvalue weighted by atomic mass is 35.5. The van der Waals surface area contributed by atoms with Crippen molar-refractivity contribution in [2.75, 3.05) is 0 Å². The Labute approximate surface area is 106 Å². The molecule has 2 aromatic heterocycles. The number of nitrogens with zero attached hydrogens (tertiary/aromatic N) is 2. The van der Waals surface area contributed by atoms with E-state index in [0.717, 1.165) is 12.1 Å². The van der Waals surface area contributed by atoms with E-state index < -0.39 is 11.6 Å². The lowest BCUT2D eigenvalue weighted by Gasteiger charge is -1.96. The number of pyridine rings is 1. The van der Waals surface area contributed by atoms with Gasteiger partial charge in [0.2, 0.25) is 0 Å². The van der Waals surface area contributed by atoms with Crippen LogP contribution in [0.4, 0.5) is 8.78 Å². The standard InChI is InChI=1S/C13H7ClF2N2/c14-9-2-4-13-17-12(7-18(13)6-9)8-1-3-10(15)11(16)5-8/h1-7H. The second-order valence-corrected chi connectivity index (χ2v) is 4.30. The van der Waals surface area contributed by atoms with Crippen molar-refractivity contribution in [3.63, 3.8) is 0 Å². The highest BCUT2D eigenvalue weighted by Crippen LogP contribution is 2.22. The molecule has 0 saturated carbocycles. The normalized spacial score (nSPS) is 11.1. The lowest BCUT2D eigenvalue weighted by Crippen LogP contribution is -1.85. The minimum absolute atomic E-state index is 0.522. The largest absolute Gasteiger partial charge is 0.305 e. The summed E-state index contributed by atoms with van der Waals surface area (Å²) in [4.78, 5) is 4.31. The molecular formula is C13H7ClF2N2. The van der Waals surface area contributed by atoms with E-state index in [4.69, 9.17) is 11.6 Å². The van der Waals surface area contributed by atoms with Gasteiger partial charge in [-0.05, 0) is 30.3 Å². The lowest BCUT2D eigenvalue weighted by molar-refractivity contribution is 0.509. The van der Waals surface area contributed by atoms with Crippen molar-refractivity contribution in [3.05, 3.63) is 59.4 Å². The number of hydrogen-bond donors (Lipinski definition) is 0. The monoisotopic (exact) mass is 264 g/mol. The van der Waals surface area contributed by atoms with Gasteiger partial charge in [0.25, 0.3) is 0 Å². The summed E-state index contributed by atoms with van der Waals surface area (Å²) in [5.74, 6) is -1.76. The molecule has 0 N–H and O–H groups in total. The van der Waals surface area contributed by atoms with Crippen LogP contribution in [-0.4, -0.2) is 9.38 Å². The van der Waals surface area contributed by atoms with Crippen LogP contribution in [0, 0.1) is 11.6 Å². The van der Waals surface area contributed by atoms with Gasteiger partial charge in [0.05, 0.1) is 10.7 Å². The fourth-order valence-corrected chi connectivity index (χ4v) is 1.93. The van der Waals surface area contributed by atoms with Gasteiger partial charge in [0, 0.05) is 18.0 Å². The van der Waals surface area contributed by atoms with Gasteiger partial charge in [-0.25, -0.2) is 13.8 Å². The Morgan fingerprint density at radius 2 is 1.83 bits per heavy atom. The van der Waals surface area contributed by atoms with Gasteiger partial charge >= 0.3 is 0 Å². The van der Waals surface area contributed by atoms with Crippen LogP contribution >= 0.6 is 11.6 Å². The molecular weight excluding hydrogens is 258 g/mol. The van der Waals surface area contributed by atoms with Crippen molar-refractivity contribution in [1.82, 2.24) is 9.38 Å². The zero-order chi connectivity index (χ0) is 12.7. The Hall–Kier alpha value is -1.94. The summed E-state index contributed by atoms with van der Waals surface area (Å²) in [5.41, 5.74) is 1.78. The van der Waals surface area contributed by atoms with Gasteiger partial charge in [0.1, 0.15) is 5.65 Å². The predicted octanol–water partition coefficient (Wildman–Crippen LogP) is 3.93. The SMILES string of the molecule is Fc1ccc(-c2cn3cc(Cl)ccc3n2)cc1F. The summed E-state index contributed by atoms with van der Waals surface area (Å²) >= 11 is 5.86. The van der Waals surface area contributed by atoms with Gasteiger partial charge < -0.3 is 4.40 Å². The maximum absolute atomic E-state index is 13.2. The molecule has 0 atom stereocenters. The van der Waals surface area contributed by atoms with E-state index in [1.54, 1.807) is 28.9 Å². The molecule has 0 spiro atoms. The molecule has 2 nitrogen and oxygen atoms in total. The first-order chi connectivity index (χ1) is 8.63. The predicted molar refractivity (Wildman–Crippen MR) is 65.6 cm³/mol. The number of hydrogen-bond acceptors (Lipinski definition) is 1. The van der Waals surface area contributed by atoms with Crippen LogP contribution in [0.1, 0.15) is 0 Å². The molecule has 0 amide bonds. The number of imidazole rings is 1. The molecule has 0 aliphatic heterocycles. The molecule has 0 bridgehead atoms. The van der Waals surface area contributed by atoms with Crippen LogP contribution < -0.4 is 0 Å². The fraction of sp³-hybridized carbons (Fsp3) is 0. The van der Waals surface area contributed by atoms with E-state index in [9.17, 15) is 8.78 Å². The Bertz CT molecular complexity index is 737. The first-order valence-electron chi connectivity index (χ1n) is 5.23. The first kappa shape index (κ1) is 11.2. The van der Waals surface area contributed by atoms with E-state index in [-0.39, 0.29) is 0 Å². The maximum atomic E-state index is 13.2. The van der Waals surface area contributed by atoms with Gasteiger partial charge in [-0.15, -0.1) is 0 Å². The number of halogens is 3. The van der Waals surface area contributed by atoms with Crippen LogP contribution in [0.15, 0.2) is 42.7 Å². The van der Waals surface area contributed by atoms with E-state index in [0.29, 0.717) is 21.9 Å². The molecule has 0 unspecified atom stereocenters. The Morgan fingerprint density at radius 3 is 2.61 bits per heavy atom. The quantitative estimate of drug-likeness (QED) is 0.651. The van der Waals surface area contributed by atoms with Crippen LogP contribution in [0.5, 0.6) is 0 Å². The third-order valence-corrected chi connectivity index (χ3v) is 2.85. The number of aromatic nitrogens is 2. The lowest BCUT2D eigenvalue weighted by atomic mass is 10.1. The van der Waals surface area contributed by atoms with Crippen molar-refractivity contribution < 1.29 is 8.78 Å². The van der Waals surface area contributed by atoms with Crippen LogP contribution in [0.25, 0.3) is 16.9 Å². The molecule has 0 aliphatic rings. The van der Waals surface area contributed by atoms with Crippen molar-refractivity contribution in [2.24, 2.45) is 0 Å². The first-order valence-corrected chi connectivity index (χ1v) is 5.61. The number of benzene rings is 1. The molecule has 0 saturated heterocycles. The summed E-state index contributed by atoms with van der Waals surface area (Å²) in [6, 6.07) is 7.17.